The maximum atomic E-state index is 14.1. The van der Waals surface area contributed by atoms with Gasteiger partial charge < -0.3 is 19.9 Å². The second-order valence-electron chi connectivity index (χ2n) is 4.86. The first-order valence-corrected chi connectivity index (χ1v) is 7.64. The molecular formula is C16H14BrClFN3O3. The molecule has 0 saturated heterocycles. The van der Waals surface area contributed by atoms with Gasteiger partial charge in [0.2, 0.25) is 0 Å². The maximum absolute atomic E-state index is 14.1. The van der Waals surface area contributed by atoms with Crippen LogP contribution in [0.2, 0.25) is 0 Å². The van der Waals surface area contributed by atoms with E-state index in [1.54, 1.807) is 12.1 Å². The largest absolute Gasteiger partial charge is 0.507 e. The Bertz CT molecular complexity index is 927. The Balaban J connectivity index is 0.00000225. The van der Waals surface area contributed by atoms with Crippen LogP contribution in [0.1, 0.15) is 0 Å². The fourth-order valence-electron chi connectivity index (χ4n) is 2.24. The first-order chi connectivity index (χ1) is 11.5. The molecule has 0 bridgehead atoms. The van der Waals surface area contributed by atoms with E-state index in [0.29, 0.717) is 28.2 Å². The molecule has 2 N–H and O–H groups in total. The van der Waals surface area contributed by atoms with Gasteiger partial charge in [0.15, 0.2) is 11.5 Å². The zero-order valence-electron chi connectivity index (χ0n) is 13.2. The van der Waals surface area contributed by atoms with Crippen LogP contribution >= 0.6 is 28.3 Å². The molecule has 132 valence electrons. The number of anilines is 2. The number of methoxy groups -OCH3 is 2. The first-order valence-electron chi connectivity index (χ1n) is 6.85. The molecule has 0 atom stereocenters. The number of phenols is 1. The number of nitrogens with one attached hydrogen (secondary N) is 1. The van der Waals surface area contributed by atoms with Gasteiger partial charge in [0.1, 0.15) is 23.7 Å². The van der Waals surface area contributed by atoms with Crippen molar-refractivity contribution >= 4 is 50.7 Å². The summed E-state index contributed by atoms with van der Waals surface area (Å²) in [5.74, 6) is 0.786. The van der Waals surface area contributed by atoms with Crippen LogP contribution in [0, 0.1) is 5.82 Å². The lowest BCUT2D eigenvalue weighted by atomic mass is 10.2. The summed E-state index contributed by atoms with van der Waals surface area (Å²) < 4.78 is 24.9. The number of hydrogen-bond donors (Lipinski definition) is 2. The molecule has 25 heavy (non-hydrogen) atoms. The Morgan fingerprint density at radius 1 is 1.08 bits per heavy atom. The molecule has 3 rings (SSSR count). The number of benzene rings is 2. The van der Waals surface area contributed by atoms with Gasteiger partial charge in [0, 0.05) is 17.5 Å². The van der Waals surface area contributed by atoms with Crippen LogP contribution < -0.4 is 14.8 Å². The second kappa shape index (κ2) is 7.71. The van der Waals surface area contributed by atoms with Crippen LogP contribution in [-0.4, -0.2) is 29.3 Å². The minimum atomic E-state index is -0.535. The molecular weight excluding hydrogens is 417 g/mol. The van der Waals surface area contributed by atoms with Gasteiger partial charge in [0.05, 0.1) is 29.9 Å². The van der Waals surface area contributed by atoms with Crippen molar-refractivity contribution in [2.75, 3.05) is 19.5 Å². The SMILES string of the molecule is COc1cc2ncnc(Nc3cc(O)c(Br)cc3F)c2cc1OC.Cl. The van der Waals surface area contributed by atoms with Gasteiger partial charge in [-0.1, -0.05) is 0 Å². The quantitative estimate of drug-likeness (QED) is 0.638. The molecule has 0 aliphatic heterocycles. The Morgan fingerprint density at radius 2 is 1.76 bits per heavy atom. The lowest BCUT2D eigenvalue weighted by Gasteiger charge is -2.13. The summed E-state index contributed by atoms with van der Waals surface area (Å²) in [7, 11) is 3.05. The summed E-state index contributed by atoms with van der Waals surface area (Å²) in [6.45, 7) is 0. The van der Waals surface area contributed by atoms with Crippen molar-refractivity contribution in [3.05, 3.63) is 40.9 Å². The minimum Gasteiger partial charge on any atom is -0.507 e. The fraction of sp³-hybridized carbons (Fsp3) is 0.125. The topological polar surface area (TPSA) is 76.5 Å². The van der Waals surface area contributed by atoms with E-state index in [2.05, 4.69) is 31.2 Å². The first kappa shape index (κ1) is 19.0. The van der Waals surface area contributed by atoms with E-state index in [4.69, 9.17) is 9.47 Å². The molecule has 6 nitrogen and oxygen atoms in total. The van der Waals surface area contributed by atoms with Crippen molar-refractivity contribution in [2.45, 2.75) is 0 Å². The normalized spacial score (nSPS) is 10.2. The average molecular weight is 431 g/mol. The van der Waals surface area contributed by atoms with Gasteiger partial charge in [-0.15, -0.1) is 12.4 Å². The average Bonchev–Trinajstić information content (AvgIpc) is 2.58. The standard InChI is InChI=1S/C16H13BrFN3O3.ClH/c1-23-14-3-8-11(6-15(14)24-2)19-7-20-16(8)21-12-5-13(22)9(17)4-10(12)18;/h3-7,22H,1-2H3,(H,19,20,21);1H. The van der Waals surface area contributed by atoms with Gasteiger partial charge in [-0.3, -0.25) is 0 Å². The van der Waals surface area contributed by atoms with Gasteiger partial charge in [-0.2, -0.15) is 0 Å². The number of ether oxygens (including phenoxy) is 2. The van der Waals surface area contributed by atoms with Gasteiger partial charge >= 0.3 is 0 Å². The minimum absolute atomic E-state index is 0. The summed E-state index contributed by atoms with van der Waals surface area (Å²) in [5, 5.41) is 13.2. The number of aromatic hydroxyl groups is 1. The molecule has 0 aliphatic carbocycles. The molecule has 0 fully saturated rings. The number of halogens is 3. The summed E-state index contributed by atoms with van der Waals surface area (Å²) >= 11 is 3.07. The third-order valence-electron chi connectivity index (χ3n) is 3.43. The van der Waals surface area contributed by atoms with E-state index in [1.807, 2.05) is 0 Å². The smallest absolute Gasteiger partial charge is 0.162 e. The molecule has 0 radical (unpaired) electrons. The van der Waals surface area contributed by atoms with Gasteiger partial charge in [-0.25, -0.2) is 14.4 Å². The summed E-state index contributed by atoms with van der Waals surface area (Å²) in [4.78, 5) is 8.33. The molecule has 1 heterocycles. The highest BCUT2D eigenvalue weighted by Crippen LogP contribution is 2.36. The van der Waals surface area contributed by atoms with Crippen molar-refractivity contribution in [2.24, 2.45) is 0 Å². The third kappa shape index (κ3) is 3.69. The Morgan fingerprint density at radius 3 is 2.44 bits per heavy atom. The zero-order chi connectivity index (χ0) is 17.3. The van der Waals surface area contributed by atoms with Crippen molar-refractivity contribution in [1.29, 1.82) is 0 Å². The third-order valence-corrected chi connectivity index (χ3v) is 4.07. The highest BCUT2D eigenvalue weighted by molar-refractivity contribution is 9.10. The lowest BCUT2D eigenvalue weighted by Crippen LogP contribution is -1.99. The van der Waals surface area contributed by atoms with Crippen LogP contribution in [0.4, 0.5) is 15.9 Å². The zero-order valence-corrected chi connectivity index (χ0v) is 15.6. The van der Waals surface area contributed by atoms with E-state index in [1.165, 1.54) is 32.7 Å². The fourth-order valence-corrected chi connectivity index (χ4v) is 2.56. The van der Waals surface area contributed by atoms with Crippen LogP contribution in [0.15, 0.2) is 35.1 Å². The molecule has 0 unspecified atom stereocenters. The molecule has 0 aliphatic rings. The summed E-state index contributed by atoms with van der Waals surface area (Å²) in [6, 6.07) is 5.85. The van der Waals surface area contributed by atoms with Crippen LogP contribution in [0.3, 0.4) is 0 Å². The van der Waals surface area contributed by atoms with Crippen molar-refractivity contribution < 1.29 is 19.0 Å². The number of aromatic nitrogens is 2. The predicted molar refractivity (Wildman–Crippen MR) is 98.9 cm³/mol. The van der Waals surface area contributed by atoms with Crippen molar-refractivity contribution in [3.8, 4) is 17.2 Å². The maximum Gasteiger partial charge on any atom is 0.162 e. The summed E-state index contributed by atoms with van der Waals surface area (Å²) in [5.41, 5.74) is 0.692. The van der Waals surface area contributed by atoms with Gasteiger partial charge in [-0.05, 0) is 28.1 Å². The van der Waals surface area contributed by atoms with Crippen LogP contribution in [0.25, 0.3) is 10.9 Å². The number of hydrogen-bond acceptors (Lipinski definition) is 6. The predicted octanol–water partition coefficient (Wildman–Crippen LogP) is 4.42. The van der Waals surface area contributed by atoms with Crippen molar-refractivity contribution in [1.82, 2.24) is 9.97 Å². The number of phenolic OH excluding ortho intramolecular Hbond substituents is 1. The van der Waals surface area contributed by atoms with E-state index < -0.39 is 5.82 Å². The molecule has 0 saturated carbocycles. The van der Waals surface area contributed by atoms with Crippen molar-refractivity contribution in [3.63, 3.8) is 0 Å². The Hall–Kier alpha value is -2.32. The summed E-state index contributed by atoms with van der Waals surface area (Å²) in [6.07, 6.45) is 1.35. The second-order valence-corrected chi connectivity index (χ2v) is 5.71. The molecule has 0 amide bonds. The lowest BCUT2D eigenvalue weighted by molar-refractivity contribution is 0.356. The molecule has 2 aromatic carbocycles. The Kier molecular flexibility index (Phi) is 5.86. The highest BCUT2D eigenvalue weighted by Gasteiger charge is 2.13. The van der Waals surface area contributed by atoms with Crippen LogP contribution in [0.5, 0.6) is 17.2 Å². The molecule has 0 spiro atoms. The monoisotopic (exact) mass is 429 g/mol. The van der Waals surface area contributed by atoms with E-state index in [0.717, 1.165) is 0 Å². The van der Waals surface area contributed by atoms with E-state index in [9.17, 15) is 9.50 Å². The van der Waals surface area contributed by atoms with E-state index in [-0.39, 0.29) is 28.3 Å². The number of fused-ring (bicyclic) bond motifs is 1. The number of nitrogens with zero attached hydrogens (tertiary/aromatic N) is 2. The highest BCUT2D eigenvalue weighted by atomic mass is 79.9. The van der Waals surface area contributed by atoms with E-state index >= 15 is 0 Å². The van der Waals surface area contributed by atoms with Crippen LogP contribution in [-0.2, 0) is 0 Å². The molecule has 9 heteroatoms. The molecule has 1 aromatic heterocycles. The Labute approximate surface area is 157 Å². The van der Waals surface area contributed by atoms with Gasteiger partial charge in [0.25, 0.3) is 0 Å². The molecule has 3 aromatic rings. The number of rotatable bonds is 4.